The highest BCUT2D eigenvalue weighted by atomic mass is 35.5. The lowest BCUT2D eigenvalue weighted by Gasteiger charge is -2.21. The molecular formula is C24H26Cl2F3N3O3S. The van der Waals surface area contributed by atoms with Gasteiger partial charge in [0, 0.05) is 42.8 Å². The molecule has 1 unspecified atom stereocenters. The van der Waals surface area contributed by atoms with Gasteiger partial charge in [-0.1, -0.05) is 23.7 Å². The number of rotatable bonds is 7. The van der Waals surface area contributed by atoms with Gasteiger partial charge in [-0.2, -0.15) is 13.2 Å². The summed E-state index contributed by atoms with van der Waals surface area (Å²) < 4.78 is 65.3. The highest BCUT2D eigenvalue weighted by Crippen LogP contribution is 2.52. The van der Waals surface area contributed by atoms with Crippen LogP contribution in [-0.2, 0) is 29.1 Å². The predicted molar refractivity (Wildman–Crippen MR) is 131 cm³/mol. The number of halogens is 5. The normalized spacial score (nSPS) is 20.5. The number of nitrogens with zero attached hydrogens (tertiary/aromatic N) is 1. The minimum Gasteiger partial charge on any atom is -0.348 e. The molecule has 0 radical (unpaired) electrons. The first-order valence-electron chi connectivity index (χ1n) is 11.4. The Bertz CT molecular complexity index is 1280. The van der Waals surface area contributed by atoms with Crippen molar-refractivity contribution < 1.29 is 26.4 Å². The third-order valence-electron chi connectivity index (χ3n) is 6.92. The van der Waals surface area contributed by atoms with Gasteiger partial charge in [0.1, 0.15) is 4.71 Å². The quantitative estimate of drug-likeness (QED) is 0.481. The van der Waals surface area contributed by atoms with Crippen molar-refractivity contribution >= 4 is 38.9 Å². The van der Waals surface area contributed by atoms with Gasteiger partial charge >= 0.3 is 6.18 Å². The van der Waals surface area contributed by atoms with E-state index in [1.165, 1.54) is 31.2 Å². The Kier molecular flexibility index (Phi) is 7.40. The summed E-state index contributed by atoms with van der Waals surface area (Å²) in [4.78, 5) is 14.6. The summed E-state index contributed by atoms with van der Waals surface area (Å²) in [6.45, 7) is 2.34. The first-order chi connectivity index (χ1) is 16.7. The number of hydrogen-bond donors (Lipinski definition) is 2. The molecule has 196 valence electrons. The highest BCUT2D eigenvalue weighted by Gasteiger charge is 2.53. The molecule has 1 amide bonds. The lowest BCUT2D eigenvalue weighted by atomic mass is 10.0. The summed E-state index contributed by atoms with van der Waals surface area (Å²) >= 11 is 12.0. The van der Waals surface area contributed by atoms with Gasteiger partial charge in [-0.3, -0.25) is 9.69 Å². The Hall–Kier alpha value is -1.85. The van der Waals surface area contributed by atoms with Crippen molar-refractivity contribution in [1.82, 2.24) is 10.2 Å². The second-order valence-corrected chi connectivity index (χ2v) is 13.1. The molecule has 2 aromatic rings. The molecule has 1 aliphatic carbocycles. The maximum atomic E-state index is 14.0. The van der Waals surface area contributed by atoms with Gasteiger partial charge < -0.3 is 11.1 Å². The molecule has 3 N–H and O–H groups in total. The maximum absolute atomic E-state index is 14.0. The van der Waals surface area contributed by atoms with Gasteiger partial charge in [0.25, 0.3) is 5.91 Å². The Labute approximate surface area is 217 Å². The van der Waals surface area contributed by atoms with Crippen LogP contribution in [0.5, 0.6) is 0 Å². The van der Waals surface area contributed by atoms with Gasteiger partial charge in [-0.25, -0.2) is 8.42 Å². The average Bonchev–Trinajstić information content (AvgIpc) is 3.51. The van der Waals surface area contributed by atoms with E-state index in [1.807, 2.05) is 4.90 Å². The number of carbonyl (C=O) groups excluding carboxylic acids is 1. The number of nitrogens with one attached hydrogen (secondary N) is 1. The van der Waals surface area contributed by atoms with E-state index < -0.39 is 32.2 Å². The van der Waals surface area contributed by atoms with Crippen LogP contribution in [-0.4, -0.2) is 43.1 Å². The van der Waals surface area contributed by atoms with Gasteiger partial charge in [0.15, 0.2) is 9.84 Å². The second kappa shape index (κ2) is 9.79. The fourth-order valence-electron chi connectivity index (χ4n) is 4.62. The third kappa shape index (κ3) is 5.52. The smallest absolute Gasteiger partial charge is 0.348 e. The summed E-state index contributed by atoms with van der Waals surface area (Å²) in [6.07, 6.45) is -2.76. The lowest BCUT2D eigenvalue weighted by Crippen LogP contribution is -2.30. The van der Waals surface area contributed by atoms with Crippen LogP contribution in [0.2, 0.25) is 5.02 Å². The van der Waals surface area contributed by atoms with E-state index in [-0.39, 0.29) is 45.6 Å². The van der Waals surface area contributed by atoms with Crippen molar-refractivity contribution in [2.45, 2.75) is 54.7 Å². The van der Waals surface area contributed by atoms with Crippen molar-refractivity contribution in [2.75, 3.05) is 13.1 Å². The molecule has 1 saturated carbocycles. The molecule has 1 aliphatic heterocycles. The van der Waals surface area contributed by atoms with Crippen molar-refractivity contribution in [3.63, 3.8) is 0 Å². The van der Waals surface area contributed by atoms with Crippen LogP contribution in [0.15, 0.2) is 41.3 Å². The minimum absolute atomic E-state index is 0.00312. The summed E-state index contributed by atoms with van der Waals surface area (Å²) in [5.41, 5.74) is 5.34. The second-order valence-electron chi connectivity index (χ2n) is 9.54. The topological polar surface area (TPSA) is 92.5 Å². The Morgan fingerprint density at radius 1 is 1.28 bits per heavy atom. The molecule has 2 aromatic carbocycles. The maximum Gasteiger partial charge on any atom is 0.416 e. The largest absolute Gasteiger partial charge is 0.416 e. The zero-order valence-corrected chi connectivity index (χ0v) is 21.7. The van der Waals surface area contributed by atoms with E-state index >= 15 is 0 Å². The zero-order chi connectivity index (χ0) is 26.5. The summed E-state index contributed by atoms with van der Waals surface area (Å²) in [7, 11) is -3.74. The van der Waals surface area contributed by atoms with Crippen molar-refractivity contribution in [2.24, 2.45) is 11.1 Å². The third-order valence-corrected chi connectivity index (χ3v) is 9.73. The van der Waals surface area contributed by atoms with E-state index in [9.17, 15) is 26.4 Å². The van der Waals surface area contributed by atoms with Crippen LogP contribution in [0, 0.1) is 5.41 Å². The SMILES string of the molecule is CC(Cl)S(=O)(=O)c1cccc(CNC(=O)c2cc(Cl)c(CN3C[C@@H](N)C4(CC4)C3)c(C(F)(F)F)c2)c1. The molecule has 2 atom stereocenters. The molecule has 1 saturated heterocycles. The molecular weight excluding hydrogens is 538 g/mol. The van der Waals surface area contributed by atoms with Gasteiger partial charge in [-0.15, -0.1) is 11.6 Å². The number of sulfone groups is 1. The van der Waals surface area contributed by atoms with E-state index in [4.69, 9.17) is 28.9 Å². The van der Waals surface area contributed by atoms with Crippen LogP contribution in [0.1, 0.15) is 46.8 Å². The van der Waals surface area contributed by atoms with Gasteiger partial charge in [0.2, 0.25) is 0 Å². The monoisotopic (exact) mass is 563 g/mol. The first kappa shape index (κ1) is 27.2. The predicted octanol–water partition coefficient (Wildman–Crippen LogP) is 4.57. The fourth-order valence-corrected chi connectivity index (χ4v) is 6.16. The first-order valence-corrected chi connectivity index (χ1v) is 13.7. The van der Waals surface area contributed by atoms with Crippen LogP contribution in [0.4, 0.5) is 13.2 Å². The number of benzene rings is 2. The minimum atomic E-state index is -4.71. The number of carbonyl (C=O) groups is 1. The fraction of sp³-hybridized carbons (Fsp3) is 0.458. The zero-order valence-electron chi connectivity index (χ0n) is 19.4. The average molecular weight is 564 g/mol. The van der Waals surface area contributed by atoms with Gasteiger partial charge in [0.05, 0.1) is 10.5 Å². The lowest BCUT2D eigenvalue weighted by molar-refractivity contribution is -0.138. The molecule has 0 aromatic heterocycles. The summed E-state index contributed by atoms with van der Waals surface area (Å²) in [5.74, 6) is -0.770. The molecule has 1 spiro atoms. The Morgan fingerprint density at radius 2 is 1.97 bits per heavy atom. The standard InChI is InChI=1S/C24H26Cl2F3N3O3S/c1-14(25)36(34,35)17-4-2-3-15(7-17)10-31-22(33)16-8-19(24(27,28)29)18(20(26)9-16)11-32-12-21(30)23(13-32)5-6-23/h2-4,7-9,14,21H,5-6,10-13,30H2,1H3,(H,31,33)/t14?,21-/m1/s1. The molecule has 4 rings (SSSR count). The molecule has 2 aliphatic rings. The number of hydrogen-bond acceptors (Lipinski definition) is 5. The summed E-state index contributed by atoms with van der Waals surface area (Å²) in [6, 6.07) is 7.78. The number of nitrogens with two attached hydrogens (primary N) is 1. The molecule has 36 heavy (non-hydrogen) atoms. The van der Waals surface area contributed by atoms with E-state index in [2.05, 4.69) is 5.32 Å². The van der Waals surface area contributed by atoms with E-state index in [1.54, 1.807) is 6.07 Å². The molecule has 6 nitrogen and oxygen atoms in total. The number of alkyl halides is 4. The van der Waals surface area contributed by atoms with Crippen molar-refractivity contribution in [3.8, 4) is 0 Å². The van der Waals surface area contributed by atoms with E-state index in [0.29, 0.717) is 18.7 Å². The molecule has 12 heteroatoms. The van der Waals surface area contributed by atoms with Gasteiger partial charge in [-0.05, 0) is 60.6 Å². The molecule has 2 fully saturated rings. The summed E-state index contributed by atoms with van der Waals surface area (Å²) in [5, 5.41) is 2.38. The van der Waals surface area contributed by atoms with E-state index in [0.717, 1.165) is 18.9 Å². The molecule has 0 bridgehead atoms. The number of amides is 1. The van der Waals surface area contributed by atoms with Crippen LogP contribution < -0.4 is 11.1 Å². The van der Waals surface area contributed by atoms with Crippen LogP contribution in [0.3, 0.4) is 0 Å². The Balaban J connectivity index is 1.52. The van der Waals surface area contributed by atoms with Crippen molar-refractivity contribution in [3.05, 3.63) is 63.7 Å². The highest BCUT2D eigenvalue weighted by molar-refractivity contribution is 7.93. The van der Waals surface area contributed by atoms with Crippen LogP contribution >= 0.6 is 23.2 Å². The van der Waals surface area contributed by atoms with Crippen LogP contribution in [0.25, 0.3) is 0 Å². The molecule has 1 heterocycles. The van der Waals surface area contributed by atoms with Crippen molar-refractivity contribution in [1.29, 1.82) is 0 Å². The number of likely N-dealkylation sites (tertiary alicyclic amines) is 1. The Morgan fingerprint density at radius 3 is 2.56 bits per heavy atom.